The van der Waals surface area contributed by atoms with Gasteiger partial charge in [-0.25, -0.2) is 18.8 Å². The standard InChI is InChI=1S/C10H12F2.C8H13NO.C8H10O2.C8H16O.C7H14O.C6H11N3.3C6H10N2O.C6H10N2.C6H9NO2.C4H8N4/c1-6(2)8-4-9(11)7(3)10(12)5-8;1-5(2)7-6(3)4-9-8(7)10;1-4(2)6-7(9)5(3)8(6)10;1-7(2)8(9-3)5-4-6-8;1-6(2)7(8-3)4-5-7;1-5(2)6-7-4-8-9(6)3;1-4(2)5-6(9)8-3-7-5;1-4(2)6-8-7-5(3)9-6;1-4(2)6-7-5(3)8-9-6;1-5(2)6-7-3-4-8-6;1-4(2)5-3-6(8)7-9-5;1-3(2)4-5-7-8-6-4/h4-6H,1-3H3;5H,4H2,1-3H3,(H,9,10);4,9H,3H2,1-2H3;7H,4-6H2,1-3H3;6H,4-5H2,1-3H3;4-5H,1-3H3;4H,3H2,1-2H3,(H,8,9);2*4H,1-3H3;3,5H,4H2,1-2H3;3-4H,1-2H3,(H,7,8);3H,1-2H3,(H,5,6,7,8). The van der Waals surface area contributed by atoms with Crippen molar-refractivity contribution in [1.29, 1.82) is 0 Å². The number of carbonyl (C=O) groups excluding carboxylic acids is 3. The van der Waals surface area contributed by atoms with Crippen LogP contribution in [0, 0.1) is 67.9 Å². The van der Waals surface area contributed by atoms with Gasteiger partial charge in [0.2, 0.25) is 23.6 Å². The number of H-pyrrole nitrogens is 2. The zero-order valence-corrected chi connectivity index (χ0v) is 71.9. The topological polar surface area (TPSA) is 360 Å². The number of hydrogen-bond acceptors (Lipinski definition) is 22. The quantitative estimate of drug-likeness (QED) is 0.0632. The van der Waals surface area contributed by atoms with Crippen molar-refractivity contribution in [3.05, 3.63) is 133 Å². The maximum Gasteiger partial charge on any atom is 0.280 e. The molecule has 5 N–H and O–H groups in total. The van der Waals surface area contributed by atoms with E-state index in [9.17, 15) is 28.0 Å². The molecule has 2 fully saturated rings. The first-order valence-electron chi connectivity index (χ1n) is 38.2. The molecule has 0 bridgehead atoms. The summed E-state index contributed by atoms with van der Waals surface area (Å²) in [5, 5.41) is 45.1. The maximum atomic E-state index is 13.0. The molecule has 3 aliphatic heterocycles. The summed E-state index contributed by atoms with van der Waals surface area (Å²) in [5.41, 5.74) is 4.80. The fourth-order valence-electron chi connectivity index (χ4n) is 10.4. The number of carbonyl (C=O) groups is 3. The van der Waals surface area contributed by atoms with Crippen molar-refractivity contribution in [2.45, 2.75) is 273 Å². The number of aryl methyl sites for hydroxylation is 3. The van der Waals surface area contributed by atoms with E-state index in [-0.39, 0.29) is 69.3 Å². The minimum absolute atomic E-state index is 0.00926. The molecule has 0 spiro atoms. The minimum atomic E-state index is -0.460. The number of halogens is 2. The van der Waals surface area contributed by atoms with E-state index in [2.05, 4.69) is 144 Å². The monoisotopic (exact) mass is 1540 g/mol. The minimum Gasteiger partial charge on any atom is -0.507 e. The average molecular weight is 1540 g/mol. The van der Waals surface area contributed by atoms with E-state index in [0.29, 0.717) is 106 Å². The van der Waals surface area contributed by atoms with Crippen molar-refractivity contribution < 1.29 is 51.2 Å². The number of hydrogen-bond donors (Lipinski definition) is 5. The third-order valence-corrected chi connectivity index (χ3v) is 17.9. The first-order chi connectivity index (χ1) is 51.3. The lowest BCUT2D eigenvalue weighted by Gasteiger charge is -2.44. The summed E-state index contributed by atoms with van der Waals surface area (Å²) in [7, 11) is 5.55. The van der Waals surface area contributed by atoms with E-state index in [1.165, 1.54) is 62.8 Å². The molecular weight excluding hydrogens is 1410 g/mol. The average Bonchev–Trinajstić information content (AvgIpc) is 1.35. The fourth-order valence-corrected chi connectivity index (χ4v) is 10.4. The molecule has 27 nitrogen and oxygen atoms in total. The molecular formula is C81H133F2N17O10. The van der Waals surface area contributed by atoms with Crippen LogP contribution < -0.4 is 16.2 Å². The van der Waals surface area contributed by atoms with E-state index in [1.54, 1.807) is 17.9 Å². The molecule has 1 aromatic carbocycles. The number of methoxy groups -OCH3 is 2. The molecule has 6 aromatic rings. The van der Waals surface area contributed by atoms with E-state index in [4.69, 9.17) is 28.0 Å². The molecule has 110 heavy (non-hydrogen) atoms. The predicted molar refractivity (Wildman–Crippen MR) is 431 cm³/mol. The van der Waals surface area contributed by atoms with Crippen molar-refractivity contribution in [2.24, 2.45) is 57.5 Å². The number of nitrogens with one attached hydrogen (secondary N) is 4. The fraction of sp³-hybridized carbons (Fsp3) is 0.654. The summed E-state index contributed by atoms with van der Waals surface area (Å²) < 4.78 is 53.2. The molecule has 0 saturated heterocycles. The molecule has 3 aliphatic carbocycles. The van der Waals surface area contributed by atoms with Crippen LogP contribution in [-0.4, -0.2) is 147 Å². The Morgan fingerprint density at radius 2 is 1.19 bits per heavy atom. The van der Waals surface area contributed by atoms with Gasteiger partial charge in [-0.1, -0.05) is 183 Å². The van der Waals surface area contributed by atoms with Crippen LogP contribution in [0.3, 0.4) is 0 Å². The summed E-state index contributed by atoms with van der Waals surface area (Å²) in [6.07, 6.45) is 9.83. The van der Waals surface area contributed by atoms with Gasteiger partial charge in [0.25, 0.3) is 11.5 Å². The highest BCUT2D eigenvalue weighted by Crippen LogP contribution is 2.45. The van der Waals surface area contributed by atoms with Crippen LogP contribution in [0.25, 0.3) is 0 Å². The molecule has 8 heterocycles. The van der Waals surface area contributed by atoms with Gasteiger partial charge in [0.15, 0.2) is 17.4 Å². The number of rotatable bonds is 14. The second-order valence-electron chi connectivity index (χ2n) is 31.0. The van der Waals surface area contributed by atoms with E-state index < -0.39 is 11.6 Å². The number of tetrazole rings is 1. The van der Waals surface area contributed by atoms with Crippen LogP contribution >= 0.6 is 0 Å². The van der Waals surface area contributed by atoms with Gasteiger partial charge in [-0.05, 0) is 106 Å². The Labute approximate surface area is 652 Å². The Kier molecular flexibility index (Phi) is 43.9. The number of allylic oxidation sites excluding steroid dienone is 2. The van der Waals surface area contributed by atoms with Crippen molar-refractivity contribution in [2.75, 3.05) is 34.0 Å². The Hall–Kier alpha value is -8.86. The summed E-state index contributed by atoms with van der Waals surface area (Å²) in [4.78, 5) is 63.4. The Morgan fingerprint density at radius 3 is 1.39 bits per heavy atom. The number of amides is 2. The number of aromatic amines is 2. The predicted octanol–water partition coefficient (Wildman–Crippen LogP) is 16.8. The number of amidine groups is 1. The molecule has 6 aliphatic rings. The number of aliphatic hydroxyl groups is 1. The molecule has 0 radical (unpaired) electrons. The number of aromatic nitrogens is 12. The van der Waals surface area contributed by atoms with Crippen LogP contribution in [0.5, 0.6) is 0 Å². The van der Waals surface area contributed by atoms with E-state index in [0.717, 1.165) is 36.1 Å². The van der Waals surface area contributed by atoms with Crippen molar-refractivity contribution in [3.8, 4) is 0 Å². The number of ketones is 1. The highest BCUT2D eigenvalue weighted by molar-refractivity contribution is 6.40. The van der Waals surface area contributed by atoms with Gasteiger partial charge < -0.3 is 38.7 Å². The maximum absolute atomic E-state index is 13.0. The summed E-state index contributed by atoms with van der Waals surface area (Å²) in [6, 6.07) is 4.25. The molecule has 12 rings (SSSR count). The first kappa shape index (κ1) is 99.1. The highest BCUT2D eigenvalue weighted by atomic mass is 19.1. The molecule has 2 saturated carbocycles. The zero-order valence-electron chi connectivity index (χ0n) is 71.9. The van der Waals surface area contributed by atoms with Crippen molar-refractivity contribution in [3.63, 3.8) is 0 Å². The molecule has 0 unspecified atom stereocenters. The smallest absolute Gasteiger partial charge is 0.280 e. The Balaban J connectivity index is 0.000000601. The Morgan fingerprint density at radius 1 is 0.627 bits per heavy atom. The van der Waals surface area contributed by atoms with Crippen LogP contribution in [0.2, 0.25) is 0 Å². The summed E-state index contributed by atoms with van der Waals surface area (Å²) in [5.74, 6) is 10.1. The number of Topliss-reactive ketones (excluding diaryl/α,β-unsaturated/α-hetero) is 1. The van der Waals surface area contributed by atoms with Gasteiger partial charge in [0, 0.05) is 105 Å². The number of aliphatic imine (C=N–C) groups is 3. The lowest BCUT2D eigenvalue weighted by molar-refractivity contribution is -0.117. The van der Waals surface area contributed by atoms with Crippen molar-refractivity contribution >= 4 is 35.4 Å². The highest BCUT2D eigenvalue weighted by Gasteiger charge is 2.45. The van der Waals surface area contributed by atoms with Gasteiger partial charge in [-0.2, -0.15) is 20.5 Å². The number of benzene rings is 1. The second kappa shape index (κ2) is 48.7. The van der Waals surface area contributed by atoms with Crippen LogP contribution in [0.15, 0.2) is 92.4 Å². The summed E-state index contributed by atoms with van der Waals surface area (Å²) >= 11 is 0. The molecule has 5 aromatic heterocycles. The molecule has 0 atom stereocenters. The van der Waals surface area contributed by atoms with Crippen LogP contribution in [-0.2, 0) is 30.9 Å². The number of aliphatic hydroxyl groups excluding tert-OH is 1. The van der Waals surface area contributed by atoms with Gasteiger partial charge in [0.1, 0.15) is 53.5 Å². The Bertz CT molecular complexity index is 3860. The van der Waals surface area contributed by atoms with Gasteiger partial charge in [-0.15, -0.1) is 20.4 Å². The molecule has 2 amide bonds. The van der Waals surface area contributed by atoms with E-state index in [1.807, 2.05) is 152 Å². The molecule has 29 heteroatoms. The lowest BCUT2D eigenvalue weighted by atomic mass is 9.72. The van der Waals surface area contributed by atoms with Gasteiger partial charge in [0.05, 0.1) is 23.3 Å². The van der Waals surface area contributed by atoms with Gasteiger partial charge >= 0.3 is 0 Å². The number of nitrogens with zero attached hydrogens (tertiary/aromatic N) is 13. The largest absolute Gasteiger partial charge is 0.507 e. The first-order valence-corrected chi connectivity index (χ1v) is 38.2. The zero-order chi connectivity index (χ0) is 84.2. The second-order valence-corrected chi connectivity index (χ2v) is 31.0. The van der Waals surface area contributed by atoms with E-state index >= 15 is 0 Å². The third-order valence-electron chi connectivity index (χ3n) is 17.9. The normalized spacial score (nSPS) is 15.2. The van der Waals surface area contributed by atoms with Crippen LogP contribution in [0.1, 0.15) is 293 Å². The molecule has 616 valence electrons. The van der Waals surface area contributed by atoms with Crippen molar-refractivity contribution in [1.82, 2.24) is 71.5 Å². The van der Waals surface area contributed by atoms with Crippen LogP contribution in [0.4, 0.5) is 8.78 Å². The summed E-state index contributed by atoms with van der Waals surface area (Å²) in [6.45, 7) is 61.4. The number of ether oxygens (including phenoxy) is 2. The SMILES string of the molecule is C=C1C(=O)C(C(C)C)=C1O.CC(C)C1=NCC=N1.CC(C)C1=NCNC1=O.CC(C)c1cc(=O)[nH]o1.CC(C)c1ncnn1C.CC(C)c1nn[nH]n1.CC1=C(C(C)C)C(=O)NC1.COC1(C(C)C)CC1.COC1(C(C)C)CCC1.Cc1c(F)cc(C(C)C)cc1F.Cc1nnc(C(C)C)o1.Cc1noc(C(C)C)n1. The third kappa shape index (κ3) is 33.8. The lowest BCUT2D eigenvalue weighted by Crippen LogP contribution is -2.43. The van der Waals surface area contributed by atoms with Gasteiger partial charge in [-0.3, -0.25) is 33.8 Å².